The molecule has 1 heterocycles. The Kier molecular flexibility index (Phi) is 3.51. The van der Waals surface area contributed by atoms with Crippen LogP contribution < -0.4 is 10.2 Å². The van der Waals surface area contributed by atoms with Crippen molar-refractivity contribution < 1.29 is 19.8 Å². The summed E-state index contributed by atoms with van der Waals surface area (Å²) in [6, 6.07) is 3.75. The topological polar surface area (TPSA) is 89.9 Å². The van der Waals surface area contributed by atoms with E-state index >= 15 is 0 Å². The fraction of sp³-hybridized carbons (Fsp3) is 0.273. The maximum Gasteiger partial charge on any atom is 0.328 e. The van der Waals surface area contributed by atoms with Gasteiger partial charge in [-0.1, -0.05) is 17.7 Å². The van der Waals surface area contributed by atoms with Gasteiger partial charge in [0.15, 0.2) is 6.29 Å². The standard InChI is InChI=1S/C11H11ClN2O4/c12-7-2-1-6(10(16)17)5-8(7)14-4-3-9(15)13-11(14)18/h1-2,5,10,16-17H,3-4H2,(H,13,15,18). The second-order valence-electron chi connectivity index (χ2n) is 3.84. The van der Waals surface area contributed by atoms with E-state index in [1.165, 1.54) is 23.1 Å². The first-order chi connectivity index (χ1) is 8.49. The van der Waals surface area contributed by atoms with Gasteiger partial charge in [0.05, 0.1) is 10.7 Å². The van der Waals surface area contributed by atoms with Crippen LogP contribution in [-0.2, 0) is 4.79 Å². The van der Waals surface area contributed by atoms with Crippen molar-refractivity contribution in [3.63, 3.8) is 0 Å². The molecule has 1 fully saturated rings. The fourth-order valence-corrected chi connectivity index (χ4v) is 1.91. The summed E-state index contributed by atoms with van der Waals surface area (Å²) in [4.78, 5) is 24.0. The van der Waals surface area contributed by atoms with E-state index in [4.69, 9.17) is 21.8 Å². The van der Waals surface area contributed by atoms with E-state index in [0.717, 1.165) is 0 Å². The number of hydrogen-bond acceptors (Lipinski definition) is 4. The second-order valence-corrected chi connectivity index (χ2v) is 4.25. The fourth-order valence-electron chi connectivity index (χ4n) is 1.69. The second kappa shape index (κ2) is 4.93. The van der Waals surface area contributed by atoms with Crippen molar-refractivity contribution in [3.05, 3.63) is 28.8 Å². The summed E-state index contributed by atoms with van der Waals surface area (Å²) in [6.07, 6.45) is -1.47. The van der Waals surface area contributed by atoms with Crippen LogP contribution in [0.1, 0.15) is 18.3 Å². The Balaban J connectivity index is 2.35. The molecule has 1 aromatic rings. The largest absolute Gasteiger partial charge is 0.364 e. The van der Waals surface area contributed by atoms with Gasteiger partial charge in [-0.05, 0) is 12.1 Å². The molecule has 1 saturated heterocycles. The average Bonchev–Trinajstić information content (AvgIpc) is 2.30. The number of benzene rings is 1. The minimum Gasteiger partial charge on any atom is -0.364 e. The molecule has 0 aliphatic carbocycles. The van der Waals surface area contributed by atoms with Gasteiger partial charge < -0.3 is 10.2 Å². The van der Waals surface area contributed by atoms with Crippen LogP contribution in [0.2, 0.25) is 5.02 Å². The number of anilines is 1. The highest BCUT2D eigenvalue weighted by Gasteiger charge is 2.26. The normalized spacial score (nSPS) is 16.1. The molecule has 3 amide bonds. The molecule has 0 aromatic heterocycles. The molecule has 1 aliphatic rings. The smallest absolute Gasteiger partial charge is 0.328 e. The Morgan fingerprint density at radius 3 is 2.67 bits per heavy atom. The highest BCUT2D eigenvalue weighted by atomic mass is 35.5. The molecule has 3 N–H and O–H groups in total. The molecule has 0 radical (unpaired) electrons. The Morgan fingerprint density at radius 1 is 1.33 bits per heavy atom. The minimum atomic E-state index is -1.64. The van der Waals surface area contributed by atoms with Crippen molar-refractivity contribution in [1.82, 2.24) is 5.32 Å². The number of aliphatic hydroxyl groups is 2. The van der Waals surface area contributed by atoms with Gasteiger partial charge in [0, 0.05) is 18.5 Å². The van der Waals surface area contributed by atoms with E-state index in [1.54, 1.807) is 0 Å². The molecule has 18 heavy (non-hydrogen) atoms. The van der Waals surface area contributed by atoms with Crippen molar-refractivity contribution >= 4 is 29.2 Å². The first kappa shape index (κ1) is 12.8. The molecular formula is C11H11ClN2O4. The van der Waals surface area contributed by atoms with Crippen LogP contribution in [0.25, 0.3) is 0 Å². The lowest BCUT2D eigenvalue weighted by molar-refractivity contribution is -0.120. The van der Waals surface area contributed by atoms with Crippen LogP contribution in [0, 0.1) is 0 Å². The van der Waals surface area contributed by atoms with Crippen LogP contribution >= 0.6 is 11.6 Å². The van der Waals surface area contributed by atoms with E-state index in [0.29, 0.717) is 10.7 Å². The first-order valence-electron chi connectivity index (χ1n) is 5.26. The monoisotopic (exact) mass is 270 g/mol. The third kappa shape index (κ3) is 2.45. The maximum atomic E-state index is 11.6. The van der Waals surface area contributed by atoms with Gasteiger partial charge in [0.1, 0.15) is 0 Å². The van der Waals surface area contributed by atoms with Gasteiger partial charge in [-0.25, -0.2) is 4.79 Å². The van der Waals surface area contributed by atoms with E-state index < -0.39 is 12.3 Å². The zero-order valence-electron chi connectivity index (χ0n) is 9.26. The predicted molar refractivity (Wildman–Crippen MR) is 64.1 cm³/mol. The quantitative estimate of drug-likeness (QED) is 0.693. The zero-order valence-corrected chi connectivity index (χ0v) is 10.0. The van der Waals surface area contributed by atoms with Crippen molar-refractivity contribution in [2.24, 2.45) is 0 Å². The molecule has 1 aliphatic heterocycles. The van der Waals surface area contributed by atoms with Crippen molar-refractivity contribution in [1.29, 1.82) is 0 Å². The van der Waals surface area contributed by atoms with Crippen molar-refractivity contribution in [3.8, 4) is 0 Å². The summed E-state index contributed by atoms with van der Waals surface area (Å²) in [5.74, 6) is -0.342. The number of nitrogens with one attached hydrogen (secondary N) is 1. The molecule has 6 nitrogen and oxygen atoms in total. The summed E-state index contributed by atoms with van der Waals surface area (Å²) in [7, 11) is 0. The summed E-state index contributed by atoms with van der Waals surface area (Å²) < 4.78 is 0. The van der Waals surface area contributed by atoms with E-state index in [-0.39, 0.29) is 24.4 Å². The molecule has 0 bridgehead atoms. The zero-order chi connectivity index (χ0) is 13.3. The van der Waals surface area contributed by atoms with Crippen molar-refractivity contribution in [2.45, 2.75) is 12.7 Å². The van der Waals surface area contributed by atoms with E-state index in [9.17, 15) is 9.59 Å². The van der Waals surface area contributed by atoms with Gasteiger partial charge in [-0.2, -0.15) is 0 Å². The summed E-state index contributed by atoms with van der Waals surface area (Å²) in [5, 5.41) is 20.6. The van der Waals surface area contributed by atoms with Gasteiger partial charge in [0.2, 0.25) is 5.91 Å². The lowest BCUT2D eigenvalue weighted by Gasteiger charge is -2.27. The lowest BCUT2D eigenvalue weighted by Crippen LogP contribution is -2.49. The number of aliphatic hydroxyl groups excluding tert-OH is 1. The summed E-state index contributed by atoms with van der Waals surface area (Å²) in [6.45, 7) is 0.204. The van der Waals surface area contributed by atoms with Crippen LogP contribution in [0.5, 0.6) is 0 Å². The summed E-state index contributed by atoms with van der Waals surface area (Å²) >= 11 is 5.97. The Hall–Kier alpha value is -1.63. The van der Waals surface area contributed by atoms with Gasteiger partial charge in [0.25, 0.3) is 0 Å². The predicted octanol–water partition coefficient (Wildman–Crippen LogP) is 0.769. The third-order valence-electron chi connectivity index (χ3n) is 2.61. The molecule has 0 saturated carbocycles. The number of halogens is 1. The molecule has 2 rings (SSSR count). The highest BCUT2D eigenvalue weighted by molar-refractivity contribution is 6.34. The molecule has 0 spiro atoms. The number of hydrogen-bond donors (Lipinski definition) is 3. The molecule has 1 aromatic carbocycles. The number of nitrogens with zero attached hydrogens (tertiary/aromatic N) is 1. The van der Waals surface area contributed by atoms with Gasteiger partial charge in [-0.15, -0.1) is 0 Å². The first-order valence-corrected chi connectivity index (χ1v) is 5.64. The number of amides is 3. The van der Waals surface area contributed by atoms with Crippen LogP contribution in [0.4, 0.5) is 10.5 Å². The average molecular weight is 271 g/mol. The van der Waals surface area contributed by atoms with E-state index in [1.807, 2.05) is 0 Å². The van der Waals surface area contributed by atoms with Gasteiger partial charge in [-0.3, -0.25) is 15.0 Å². The lowest BCUT2D eigenvalue weighted by atomic mass is 10.1. The highest BCUT2D eigenvalue weighted by Crippen LogP contribution is 2.29. The molecule has 0 unspecified atom stereocenters. The Bertz CT molecular complexity index is 504. The van der Waals surface area contributed by atoms with Gasteiger partial charge >= 0.3 is 6.03 Å². The Labute approximate surface area is 108 Å². The number of imide groups is 1. The third-order valence-corrected chi connectivity index (χ3v) is 2.93. The summed E-state index contributed by atoms with van der Waals surface area (Å²) in [5.41, 5.74) is 0.561. The Morgan fingerprint density at radius 2 is 2.06 bits per heavy atom. The van der Waals surface area contributed by atoms with Crippen molar-refractivity contribution in [2.75, 3.05) is 11.4 Å². The van der Waals surface area contributed by atoms with E-state index in [2.05, 4.69) is 5.32 Å². The van der Waals surface area contributed by atoms with Crippen LogP contribution in [0.3, 0.4) is 0 Å². The number of rotatable bonds is 2. The van der Waals surface area contributed by atoms with Crippen LogP contribution in [-0.4, -0.2) is 28.7 Å². The molecule has 7 heteroatoms. The molecule has 96 valence electrons. The molecular weight excluding hydrogens is 260 g/mol. The SMILES string of the molecule is O=C1CCN(c2cc(C(O)O)ccc2Cl)C(=O)N1. The van der Waals surface area contributed by atoms with Crippen LogP contribution in [0.15, 0.2) is 18.2 Å². The number of urea groups is 1. The molecule has 0 atom stereocenters. The number of carbonyl (C=O) groups excluding carboxylic acids is 2. The maximum absolute atomic E-state index is 11.6. The minimum absolute atomic E-state index is 0.175. The number of carbonyl (C=O) groups is 2.